The number of anilines is 1. The second kappa shape index (κ2) is 6.90. The van der Waals surface area contributed by atoms with Crippen molar-refractivity contribution >= 4 is 11.5 Å². The Kier molecular flexibility index (Phi) is 4.95. The molecule has 2 rings (SSSR count). The third-order valence-electron chi connectivity index (χ3n) is 3.31. The van der Waals surface area contributed by atoms with E-state index in [0.717, 1.165) is 11.3 Å². The molecular weight excluding hydrogens is 266 g/mol. The van der Waals surface area contributed by atoms with Crippen molar-refractivity contribution in [2.45, 2.75) is 13.5 Å². The fraction of sp³-hybridized carbons (Fsp3) is 0.235. The Bertz CT molecular complexity index is 611. The number of carbonyl (C=O) groups excluding carboxylic acids is 1. The molecule has 0 atom stereocenters. The number of aliphatic hydroxyl groups excluding tert-OH is 1. The topological polar surface area (TPSA) is 60.8 Å². The summed E-state index contributed by atoms with van der Waals surface area (Å²) in [4.78, 5) is 13.3. The molecule has 0 fully saturated rings. The Labute approximate surface area is 124 Å². The number of Topliss-reactive ketones (excluding diaryl/α,β-unsaturated/α-hetero) is 1. The van der Waals surface area contributed by atoms with Crippen LogP contribution < -0.4 is 4.90 Å². The van der Waals surface area contributed by atoms with Gasteiger partial charge in [-0.1, -0.05) is 30.3 Å². The summed E-state index contributed by atoms with van der Waals surface area (Å²) in [5, 5.41) is 19.2. The second-order valence-electron chi connectivity index (χ2n) is 4.89. The van der Waals surface area contributed by atoms with Crippen molar-refractivity contribution in [1.82, 2.24) is 0 Å². The maximum absolute atomic E-state index is 11.4. The van der Waals surface area contributed by atoms with E-state index in [1.165, 1.54) is 6.92 Å². The summed E-state index contributed by atoms with van der Waals surface area (Å²) in [5.74, 6) is -0.202. The first kappa shape index (κ1) is 15.1. The molecule has 2 N–H and O–H groups in total. The van der Waals surface area contributed by atoms with Gasteiger partial charge in [0.05, 0.1) is 12.2 Å². The van der Waals surface area contributed by atoms with Crippen LogP contribution in [0.1, 0.15) is 22.8 Å². The Hall–Kier alpha value is -2.33. The molecule has 0 heterocycles. The van der Waals surface area contributed by atoms with Gasteiger partial charge in [-0.2, -0.15) is 0 Å². The van der Waals surface area contributed by atoms with Gasteiger partial charge in [0.15, 0.2) is 5.78 Å². The molecule has 0 saturated carbocycles. The number of hydrogen-bond acceptors (Lipinski definition) is 4. The summed E-state index contributed by atoms with van der Waals surface area (Å²) in [5.41, 5.74) is 2.19. The first-order valence-corrected chi connectivity index (χ1v) is 6.85. The van der Waals surface area contributed by atoms with Crippen LogP contribution >= 0.6 is 0 Å². The number of aromatic hydroxyl groups is 1. The van der Waals surface area contributed by atoms with Crippen LogP contribution in [0.4, 0.5) is 5.69 Å². The van der Waals surface area contributed by atoms with Crippen molar-refractivity contribution in [2.75, 3.05) is 18.1 Å². The predicted molar refractivity (Wildman–Crippen MR) is 82.7 cm³/mol. The Balaban J connectivity index is 2.26. The third kappa shape index (κ3) is 3.83. The lowest BCUT2D eigenvalue weighted by atomic mass is 10.1. The smallest absolute Gasteiger partial charge is 0.163 e. The largest absolute Gasteiger partial charge is 0.507 e. The maximum Gasteiger partial charge on any atom is 0.163 e. The molecule has 0 aromatic heterocycles. The van der Waals surface area contributed by atoms with Crippen molar-refractivity contribution in [3.63, 3.8) is 0 Å². The van der Waals surface area contributed by atoms with E-state index in [0.29, 0.717) is 18.7 Å². The minimum atomic E-state index is -0.171. The molecule has 2 aromatic rings. The molecule has 0 unspecified atom stereocenters. The quantitative estimate of drug-likeness (QED) is 0.801. The van der Waals surface area contributed by atoms with Crippen LogP contribution in [0, 0.1) is 0 Å². The molecule has 0 amide bonds. The van der Waals surface area contributed by atoms with E-state index >= 15 is 0 Å². The van der Waals surface area contributed by atoms with Gasteiger partial charge in [0.1, 0.15) is 5.75 Å². The Morgan fingerprint density at radius 3 is 2.43 bits per heavy atom. The highest BCUT2D eigenvalue weighted by Gasteiger charge is 2.12. The van der Waals surface area contributed by atoms with E-state index in [1.54, 1.807) is 18.2 Å². The van der Waals surface area contributed by atoms with Gasteiger partial charge < -0.3 is 15.1 Å². The predicted octanol–water partition coefficient (Wildman–Crippen LogP) is 2.59. The van der Waals surface area contributed by atoms with Gasteiger partial charge in [0, 0.05) is 24.8 Å². The summed E-state index contributed by atoms with van der Waals surface area (Å²) in [6.45, 7) is 2.51. The van der Waals surface area contributed by atoms with E-state index in [4.69, 9.17) is 0 Å². The number of rotatable bonds is 6. The number of carbonyl (C=O) groups is 1. The molecule has 2 aromatic carbocycles. The second-order valence-corrected chi connectivity index (χ2v) is 4.89. The van der Waals surface area contributed by atoms with Crippen molar-refractivity contribution in [2.24, 2.45) is 0 Å². The molecule has 4 heteroatoms. The van der Waals surface area contributed by atoms with Gasteiger partial charge in [0.2, 0.25) is 0 Å². The van der Waals surface area contributed by atoms with Crippen LogP contribution in [-0.4, -0.2) is 29.1 Å². The minimum Gasteiger partial charge on any atom is -0.507 e. The van der Waals surface area contributed by atoms with E-state index in [2.05, 4.69) is 0 Å². The molecular formula is C17H19NO3. The molecule has 0 aliphatic carbocycles. The number of aliphatic hydroxyl groups is 1. The Morgan fingerprint density at radius 1 is 1.14 bits per heavy atom. The zero-order chi connectivity index (χ0) is 15.2. The van der Waals surface area contributed by atoms with Gasteiger partial charge in [-0.25, -0.2) is 0 Å². The van der Waals surface area contributed by atoms with Crippen molar-refractivity contribution < 1.29 is 15.0 Å². The molecule has 0 aliphatic rings. The number of phenolic OH excluding ortho intramolecular Hbond substituents is 1. The van der Waals surface area contributed by atoms with Gasteiger partial charge in [-0.05, 0) is 24.6 Å². The van der Waals surface area contributed by atoms with E-state index < -0.39 is 0 Å². The van der Waals surface area contributed by atoms with Crippen molar-refractivity contribution in [1.29, 1.82) is 0 Å². The summed E-state index contributed by atoms with van der Waals surface area (Å²) in [6.07, 6.45) is 0. The Morgan fingerprint density at radius 2 is 1.86 bits per heavy atom. The number of ketones is 1. The SMILES string of the molecule is CC(=O)c1ccc(N(CCO)Cc2ccccc2)cc1O. The summed E-state index contributed by atoms with van der Waals surface area (Å²) >= 11 is 0. The average Bonchev–Trinajstić information content (AvgIpc) is 2.47. The number of phenols is 1. The first-order chi connectivity index (χ1) is 10.1. The first-order valence-electron chi connectivity index (χ1n) is 6.85. The number of hydrogen-bond donors (Lipinski definition) is 2. The van der Waals surface area contributed by atoms with Crippen molar-refractivity contribution in [3.05, 3.63) is 59.7 Å². The molecule has 4 nitrogen and oxygen atoms in total. The van der Waals surface area contributed by atoms with Crippen molar-refractivity contribution in [3.8, 4) is 5.75 Å². The number of benzene rings is 2. The highest BCUT2D eigenvalue weighted by Crippen LogP contribution is 2.26. The highest BCUT2D eigenvalue weighted by atomic mass is 16.3. The van der Waals surface area contributed by atoms with Gasteiger partial charge >= 0.3 is 0 Å². The van der Waals surface area contributed by atoms with E-state index in [1.807, 2.05) is 35.2 Å². The van der Waals surface area contributed by atoms with E-state index in [-0.39, 0.29) is 18.1 Å². The zero-order valence-corrected chi connectivity index (χ0v) is 12.0. The lowest BCUT2D eigenvalue weighted by molar-refractivity contribution is 0.101. The number of nitrogens with zero attached hydrogens (tertiary/aromatic N) is 1. The maximum atomic E-state index is 11.4. The van der Waals surface area contributed by atoms with Gasteiger partial charge in [0.25, 0.3) is 0 Å². The molecule has 0 radical (unpaired) electrons. The van der Waals surface area contributed by atoms with Crippen LogP contribution in [-0.2, 0) is 6.54 Å². The van der Waals surface area contributed by atoms with Crippen LogP contribution in [0.3, 0.4) is 0 Å². The summed E-state index contributed by atoms with van der Waals surface area (Å²) in [7, 11) is 0. The van der Waals surface area contributed by atoms with E-state index in [9.17, 15) is 15.0 Å². The van der Waals surface area contributed by atoms with Gasteiger partial charge in [-0.15, -0.1) is 0 Å². The molecule has 110 valence electrons. The highest BCUT2D eigenvalue weighted by molar-refractivity contribution is 5.97. The van der Waals surface area contributed by atoms with Gasteiger partial charge in [-0.3, -0.25) is 4.79 Å². The zero-order valence-electron chi connectivity index (χ0n) is 12.0. The molecule has 0 aliphatic heterocycles. The van der Waals surface area contributed by atoms with Crippen LogP contribution in [0.2, 0.25) is 0 Å². The standard InChI is InChI=1S/C17H19NO3/c1-13(20)16-8-7-15(11-17(16)21)18(9-10-19)12-14-5-3-2-4-6-14/h2-8,11,19,21H,9-10,12H2,1H3. The molecule has 21 heavy (non-hydrogen) atoms. The lowest BCUT2D eigenvalue weighted by Gasteiger charge is -2.24. The summed E-state index contributed by atoms with van der Waals surface area (Å²) < 4.78 is 0. The molecule has 0 spiro atoms. The fourth-order valence-corrected chi connectivity index (χ4v) is 2.24. The molecule has 0 saturated heterocycles. The third-order valence-corrected chi connectivity index (χ3v) is 3.31. The van der Waals surface area contributed by atoms with Crippen LogP contribution in [0.5, 0.6) is 5.75 Å². The average molecular weight is 285 g/mol. The monoisotopic (exact) mass is 285 g/mol. The molecule has 0 bridgehead atoms. The lowest BCUT2D eigenvalue weighted by Crippen LogP contribution is -2.26. The summed E-state index contributed by atoms with van der Waals surface area (Å²) in [6, 6.07) is 14.9. The normalized spacial score (nSPS) is 10.4. The van der Waals surface area contributed by atoms with Crippen LogP contribution in [0.15, 0.2) is 48.5 Å². The van der Waals surface area contributed by atoms with Crippen LogP contribution in [0.25, 0.3) is 0 Å². The fourth-order valence-electron chi connectivity index (χ4n) is 2.24. The minimum absolute atomic E-state index is 0.0159.